The molecule has 2 aromatic heterocycles. The highest BCUT2D eigenvalue weighted by molar-refractivity contribution is 5.98. The second kappa shape index (κ2) is 10.8. The number of allylic oxidation sites excluding steroid dienone is 6. The largest absolute Gasteiger partial charge is 0.493 e. The third-order valence-corrected chi connectivity index (χ3v) is 7.55. The Balaban J connectivity index is 1.34. The number of carbonyl (C=O) groups is 1. The first-order valence-corrected chi connectivity index (χ1v) is 13.8. The number of hydrogen-bond donors (Lipinski definition) is 1. The zero-order valence-electron chi connectivity index (χ0n) is 21.8. The van der Waals surface area contributed by atoms with E-state index < -0.39 is 0 Å². The van der Waals surface area contributed by atoms with Crippen molar-refractivity contribution in [3.63, 3.8) is 0 Å². The van der Waals surface area contributed by atoms with Gasteiger partial charge in [0.15, 0.2) is 5.82 Å². The van der Waals surface area contributed by atoms with Gasteiger partial charge in [0.25, 0.3) is 5.91 Å². The maximum atomic E-state index is 13.6. The lowest BCUT2D eigenvalue weighted by Gasteiger charge is -2.18. The fourth-order valence-corrected chi connectivity index (χ4v) is 5.14. The number of imidazole rings is 1. The van der Waals surface area contributed by atoms with Crippen molar-refractivity contribution in [2.24, 2.45) is 0 Å². The molecule has 0 radical (unpaired) electrons. The summed E-state index contributed by atoms with van der Waals surface area (Å²) in [6.07, 6.45) is 22.0. The normalized spacial score (nSPS) is 24.2. The zero-order valence-corrected chi connectivity index (χ0v) is 21.8. The number of aromatic nitrogens is 5. The summed E-state index contributed by atoms with van der Waals surface area (Å²) in [5.74, 6) is 1.90. The molecule has 0 spiro atoms. The lowest BCUT2D eigenvalue weighted by Crippen LogP contribution is -2.24. The Labute approximate surface area is 223 Å². The summed E-state index contributed by atoms with van der Waals surface area (Å²) in [5, 5.41) is 11.8. The number of ether oxygens (including phenoxy) is 1. The van der Waals surface area contributed by atoms with Gasteiger partial charge < -0.3 is 19.2 Å². The number of amides is 1. The Morgan fingerprint density at radius 3 is 2.92 bits per heavy atom. The minimum Gasteiger partial charge on any atom is -0.493 e. The van der Waals surface area contributed by atoms with Gasteiger partial charge in [0.2, 0.25) is 0 Å². The molecule has 1 saturated carbocycles. The zero-order chi connectivity index (χ0) is 25.9. The molecule has 2 bridgehead atoms. The lowest BCUT2D eigenvalue weighted by molar-refractivity contribution is 0.0960. The molecule has 1 unspecified atom stereocenters. The van der Waals surface area contributed by atoms with E-state index in [9.17, 15) is 4.79 Å². The van der Waals surface area contributed by atoms with Crippen molar-refractivity contribution in [2.75, 3.05) is 6.61 Å². The van der Waals surface area contributed by atoms with E-state index in [1.807, 2.05) is 47.6 Å². The summed E-state index contributed by atoms with van der Waals surface area (Å²) < 4.78 is 10.4. The first kappa shape index (κ1) is 24.4. The van der Waals surface area contributed by atoms with Crippen LogP contribution in [0.2, 0.25) is 0 Å². The first-order chi connectivity index (χ1) is 18.7. The van der Waals surface area contributed by atoms with Crippen molar-refractivity contribution in [1.29, 1.82) is 0 Å². The summed E-state index contributed by atoms with van der Waals surface area (Å²) >= 11 is 0. The van der Waals surface area contributed by atoms with Crippen LogP contribution in [0.3, 0.4) is 0 Å². The highest BCUT2D eigenvalue weighted by Gasteiger charge is 2.26. The molecule has 196 valence electrons. The number of hydrogen-bond acceptors (Lipinski definition) is 5. The van der Waals surface area contributed by atoms with Gasteiger partial charge in [-0.15, -0.1) is 10.2 Å². The van der Waals surface area contributed by atoms with Gasteiger partial charge in [-0.2, -0.15) is 0 Å². The number of nitrogens with zero attached hydrogens (tertiary/aromatic N) is 5. The van der Waals surface area contributed by atoms with E-state index in [4.69, 9.17) is 4.74 Å². The van der Waals surface area contributed by atoms with Crippen LogP contribution in [0, 0.1) is 0 Å². The van der Waals surface area contributed by atoms with Crippen molar-refractivity contribution in [3.05, 3.63) is 84.1 Å². The SMILES string of the molecule is CC1CCCOc2ccc(-n3cnc(C4CC4)c3)cc2C(=O)N/C2=C/C=C\C(=C\CCCC2)c2nncn21. The van der Waals surface area contributed by atoms with E-state index in [0.717, 1.165) is 67.0 Å². The molecular formula is C30H34N6O2. The van der Waals surface area contributed by atoms with Gasteiger partial charge >= 0.3 is 0 Å². The smallest absolute Gasteiger partial charge is 0.259 e. The Morgan fingerprint density at radius 2 is 2.03 bits per heavy atom. The van der Waals surface area contributed by atoms with Gasteiger partial charge in [-0.3, -0.25) is 4.79 Å². The van der Waals surface area contributed by atoms with Gasteiger partial charge in [-0.25, -0.2) is 4.98 Å². The standard InChI is InChI=1S/C30H34N6O2/c1-21-7-6-16-38-28-15-14-25(35-18-27(31-19-35)22-12-13-22)17-26(28)30(37)33-24-10-4-2-3-8-23(9-5-11-24)29-34-32-20-36(21)29/h5,8-9,11,14-15,17-22H,2-4,6-7,10,12-13,16H2,1H3,(H,33,37)/b9-5-,23-8-,24-11+. The lowest BCUT2D eigenvalue weighted by atomic mass is 10.0. The number of carbonyl (C=O) groups excluding carboxylic acids is 1. The first-order valence-electron chi connectivity index (χ1n) is 13.8. The quantitative estimate of drug-likeness (QED) is 0.464. The summed E-state index contributed by atoms with van der Waals surface area (Å²) in [7, 11) is 0. The summed E-state index contributed by atoms with van der Waals surface area (Å²) in [6.45, 7) is 2.71. The monoisotopic (exact) mass is 510 g/mol. The van der Waals surface area contributed by atoms with Crippen LogP contribution in [0.5, 0.6) is 5.75 Å². The second-order valence-electron chi connectivity index (χ2n) is 10.5. The predicted molar refractivity (Wildman–Crippen MR) is 146 cm³/mol. The van der Waals surface area contributed by atoms with Crippen LogP contribution in [0.1, 0.15) is 92.1 Å². The number of rotatable bonds is 2. The van der Waals surface area contributed by atoms with Crippen LogP contribution in [0.25, 0.3) is 11.3 Å². The fourth-order valence-electron chi connectivity index (χ4n) is 5.14. The van der Waals surface area contributed by atoms with E-state index in [0.29, 0.717) is 23.8 Å². The van der Waals surface area contributed by atoms with Crippen molar-refractivity contribution >= 4 is 11.5 Å². The Morgan fingerprint density at radius 1 is 1.11 bits per heavy atom. The molecule has 3 heterocycles. The number of nitrogens with one attached hydrogen (secondary N) is 1. The van der Waals surface area contributed by atoms with Gasteiger partial charge in [-0.05, 0) is 82.6 Å². The summed E-state index contributed by atoms with van der Waals surface area (Å²) in [6, 6.07) is 6.04. The van der Waals surface area contributed by atoms with E-state index in [1.165, 1.54) is 12.8 Å². The molecule has 1 aromatic carbocycles. The van der Waals surface area contributed by atoms with Crippen molar-refractivity contribution < 1.29 is 9.53 Å². The third kappa shape index (κ3) is 5.35. The molecular weight excluding hydrogens is 476 g/mol. The van der Waals surface area contributed by atoms with Crippen molar-refractivity contribution in [2.45, 2.75) is 70.3 Å². The number of benzene rings is 1. The van der Waals surface area contributed by atoms with Crippen molar-refractivity contribution in [3.8, 4) is 11.4 Å². The van der Waals surface area contributed by atoms with E-state index in [1.54, 1.807) is 0 Å². The molecule has 1 N–H and O–H groups in total. The van der Waals surface area contributed by atoms with Crippen LogP contribution in [-0.4, -0.2) is 36.8 Å². The Hall–Kier alpha value is -3.94. The minimum atomic E-state index is -0.155. The Kier molecular flexibility index (Phi) is 6.94. The number of fused-ring (bicyclic) bond motifs is 5. The van der Waals surface area contributed by atoms with Gasteiger partial charge in [0.1, 0.15) is 12.1 Å². The van der Waals surface area contributed by atoms with Gasteiger partial charge in [0.05, 0.1) is 24.2 Å². The molecule has 1 aliphatic heterocycles. The van der Waals surface area contributed by atoms with Crippen molar-refractivity contribution in [1.82, 2.24) is 29.6 Å². The molecule has 0 saturated heterocycles. The topological polar surface area (TPSA) is 86.9 Å². The molecule has 2 aliphatic carbocycles. The van der Waals surface area contributed by atoms with Crippen LogP contribution < -0.4 is 10.1 Å². The minimum absolute atomic E-state index is 0.155. The van der Waals surface area contributed by atoms with Crippen LogP contribution in [-0.2, 0) is 0 Å². The van der Waals surface area contributed by atoms with E-state index in [2.05, 4.69) is 50.3 Å². The second-order valence-corrected chi connectivity index (χ2v) is 10.5. The maximum Gasteiger partial charge on any atom is 0.259 e. The highest BCUT2D eigenvalue weighted by Crippen LogP contribution is 2.39. The molecule has 3 aromatic rings. The van der Waals surface area contributed by atoms with E-state index in [-0.39, 0.29) is 11.9 Å². The molecule has 1 fully saturated rings. The van der Waals surface area contributed by atoms with Gasteiger partial charge in [0, 0.05) is 35.1 Å². The van der Waals surface area contributed by atoms with Crippen LogP contribution in [0.15, 0.2) is 67.1 Å². The Bertz CT molecular complexity index is 1410. The van der Waals surface area contributed by atoms with Gasteiger partial charge in [-0.1, -0.05) is 18.2 Å². The molecule has 8 nitrogen and oxygen atoms in total. The molecule has 1 atom stereocenters. The average molecular weight is 511 g/mol. The summed E-state index contributed by atoms with van der Waals surface area (Å²) in [4.78, 5) is 18.2. The fraction of sp³-hybridized carbons (Fsp3) is 0.400. The summed E-state index contributed by atoms with van der Waals surface area (Å²) in [5.41, 5.74) is 4.51. The molecule has 6 rings (SSSR count). The average Bonchev–Trinajstić information content (AvgIpc) is 3.44. The predicted octanol–water partition coefficient (Wildman–Crippen LogP) is 5.90. The van der Waals surface area contributed by atoms with Crippen LogP contribution >= 0.6 is 0 Å². The highest BCUT2D eigenvalue weighted by atomic mass is 16.5. The molecule has 8 heteroatoms. The van der Waals surface area contributed by atoms with E-state index >= 15 is 0 Å². The molecule has 38 heavy (non-hydrogen) atoms. The maximum absolute atomic E-state index is 13.6. The third-order valence-electron chi connectivity index (χ3n) is 7.55. The molecule has 3 aliphatic rings. The molecule has 1 amide bonds. The van der Waals surface area contributed by atoms with Crippen LogP contribution in [0.4, 0.5) is 0 Å².